The van der Waals surface area contributed by atoms with Crippen molar-refractivity contribution in [3.8, 4) is 0 Å². The van der Waals surface area contributed by atoms with E-state index in [4.69, 9.17) is 4.74 Å². The summed E-state index contributed by atoms with van der Waals surface area (Å²) in [6, 6.07) is 0.385. The van der Waals surface area contributed by atoms with E-state index in [1.807, 2.05) is 12.4 Å². The van der Waals surface area contributed by atoms with Gasteiger partial charge in [0.1, 0.15) is 0 Å². The maximum Gasteiger partial charge on any atom is 0.225 e. The minimum Gasteiger partial charge on any atom is -0.383 e. The molecule has 0 fully saturated rings. The molecule has 6 heteroatoms. The van der Waals surface area contributed by atoms with Gasteiger partial charge in [0.15, 0.2) is 0 Å². The first-order valence-electron chi connectivity index (χ1n) is 7.50. The van der Waals surface area contributed by atoms with Gasteiger partial charge in [-0.2, -0.15) is 0 Å². The zero-order valence-electron chi connectivity index (χ0n) is 14.0. The molecule has 6 nitrogen and oxygen atoms in total. The molecule has 1 unspecified atom stereocenters. The molecule has 0 bridgehead atoms. The average Bonchev–Trinajstić information content (AvgIpc) is 2.45. The summed E-state index contributed by atoms with van der Waals surface area (Å²) in [6.45, 7) is 8.54. The lowest BCUT2D eigenvalue weighted by Crippen LogP contribution is -2.41. The van der Waals surface area contributed by atoms with Crippen LogP contribution in [0.4, 0.5) is 5.95 Å². The van der Waals surface area contributed by atoms with Crippen molar-refractivity contribution in [2.24, 2.45) is 0 Å². The second-order valence-corrected chi connectivity index (χ2v) is 5.46. The Morgan fingerprint density at radius 1 is 1.29 bits per heavy atom. The van der Waals surface area contributed by atoms with Gasteiger partial charge >= 0.3 is 0 Å². The summed E-state index contributed by atoms with van der Waals surface area (Å²) in [4.78, 5) is 13.4. The highest BCUT2D eigenvalue weighted by Gasteiger charge is 2.15. The van der Waals surface area contributed by atoms with Crippen molar-refractivity contribution in [2.45, 2.75) is 26.4 Å². The van der Waals surface area contributed by atoms with E-state index in [0.717, 1.165) is 37.7 Å². The lowest BCUT2D eigenvalue weighted by Gasteiger charge is -2.30. The Kier molecular flexibility index (Phi) is 8.19. The van der Waals surface area contributed by atoms with Crippen LogP contribution in [0, 0.1) is 0 Å². The van der Waals surface area contributed by atoms with Gasteiger partial charge in [0.25, 0.3) is 0 Å². The zero-order valence-corrected chi connectivity index (χ0v) is 14.0. The maximum absolute atomic E-state index is 5.00. The van der Waals surface area contributed by atoms with Gasteiger partial charge in [-0.1, -0.05) is 0 Å². The van der Waals surface area contributed by atoms with Crippen LogP contribution in [0.5, 0.6) is 0 Å². The van der Waals surface area contributed by atoms with Gasteiger partial charge < -0.3 is 19.9 Å². The van der Waals surface area contributed by atoms with E-state index in [0.29, 0.717) is 12.6 Å². The summed E-state index contributed by atoms with van der Waals surface area (Å²) in [6.07, 6.45) is 3.79. The molecule has 21 heavy (non-hydrogen) atoms. The highest BCUT2D eigenvalue weighted by Crippen LogP contribution is 2.11. The lowest BCUT2D eigenvalue weighted by molar-refractivity contribution is 0.199. The van der Waals surface area contributed by atoms with Gasteiger partial charge in [0.2, 0.25) is 5.95 Å². The Morgan fingerprint density at radius 3 is 2.48 bits per heavy atom. The number of anilines is 1. The summed E-state index contributed by atoms with van der Waals surface area (Å²) in [5.41, 5.74) is 1.09. The summed E-state index contributed by atoms with van der Waals surface area (Å²) in [5, 5.41) is 3.29. The molecule has 0 aliphatic heterocycles. The lowest BCUT2D eigenvalue weighted by atomic mass is 10.2. The van der Waals surface area contributed by atoms with Crippen molar-refractivity contribution in [3.63, 3.8) is 0 Å². The third-order valence-corrected chi connectivity index (χ3v) is 3.26. The molecule has 1 N–H and O–H groups in total. The second-order valence-electron chi connectivity index (χ2n) is 5.46. The predicted octanol–water partition coefficient (Wildman–Crippen LogP) is 0.989. The van der Waals surface area contributed by atoms with Crippen LogP contribution in [0.25, 0.3) is 0 Å². The molecule has 0 amide bonds. The largest absolute Gasteiger partial charge is 0.383 e. The van der Waals surface area contributed by atoms with Crippen LogP contribution >= 0.6 is 0 Å². The summed E-state index contributed by atoms with van der Waals surface area (Å²) in [7, 11) is 5.87. The van der Waals surface area contributed by atoms with Crippen LogP contribution in [0.15, 0.2) is 12.4 Å². The Morgan fingerprint density at radius 2 is 1.95 bits per heavy atom. The minimum absolute atomic E-state index is 0.385. The van der Waals surface area contributed by atoms with Gasteiger partial charge in [-0.05, 0) is 27.9 Å². The molecule has 0 aliphatic carbocycles. The molecule has 0 saturated carbocycles. The van der Waals surface area contributed by atoms with Crippen molar-refractivity contribution in [2.75, 3.05) is 52.3 Å². The van der Waals surface area contributed by atoms with Gasteiger partial charge in [-0.15, -0.1) is 0 Å². The third-order valence-electron chi connectivity index (χ3n) is 3.26. The SMILES string of the molecule is CCN(c1ncc(CNCCOC)cn1)C(C)CN(C)C. The molecule has 1 atom stereocenters. The van der Waals surface area contributed by atoms with Crippen LogP contribution in [-0.2, 0) is 11.3 Å². The molecule has 1 aromatic rings. The quantitative estimate of drug-likeness (QED) is 0.650. The Labute approximate surface area is 128 Å². The topological polar surface area (TPSA) is 53.5 Å². The number of hydrogen-bond acceptors (Lipinski definition) is 6. The van der Waals surface area contributed by atoms with Gasteiger partial charge in [0, 0.05) is 57.3 Å². The van der Waals surface area contributed by atoms with Crippen LogP contribution in [-0.4, -0.2) is 68.4 Å². The Bertz CT molecular complexity index is 382. The van der Waals surface area contributed by atoms with E-state index in [9.17, 15) is 0 Å². The van der Waals surface area contributed by atoms with Crippen molar-refractivity contribution >= 4 is 5.95 Å². The van der Waals surface area contributed by atoms with E-state index in [1.165, 1.54) is 0 Å². The zero-order chi connectivity index (χ0) is 15.7. The number of nitrogens with one attached hydrogen (secondary N) is 1. The number of aromatic nitrogens is 2. The molecule has 0 radical (unpaired) electrons. The molecule has 0 saturated heterocycles. The summed E-state index contributed by atoms with van der Waals surface area (Å²) in [5.74, 6) is 0.799. The number of likely N-dealkylation sites (N-methyl/N-ethyl adjacent to an activating group) is 2. The fraction of sp³-hybridized carbons (Fsp3) is 0.733. The van der Waals surface area contributed by atoms with E-state index in [2.05, 4.69) is 53.0 Å². The minimum atomic E-state index is 0.385. The molecule has 1 aromatic heterocycles. The normalized spacial score (nSPS) is 12.7. The average molecular weight is 295 g/mol. The van der Waals surface area contributed by atoms with E-state index in [-0.39, 0.29) is 0 Å². The first-order valence-corrected chi connectivity index (χ1v) is 7.50. The summed E-state index contributed by atoms with van der Waals surface area (Å²) < 4.78 is 5.00. The summed E-state index contributed by atoms with van der Waals surface area (Å²) >= 11 is 0. The van der Waals surface area contributed by atoms with Crippen molar-refractivity contribution < 1.29 is 4.74 Å². The highest BCUT2D eigenvalue weighted by atomic mass is 16.5. The van der Waals surface area contributed by atoms with Crippen LogP contribution < -0.4 is 10.2 Å². The fourth-order valence-electron chi connectivity index (χ4n) is 2.27. The fourth-order valence-corrected chi connectivity index (χ4v) is 2.27. The molecule has 1 heterocycles. The number of nitrogens with zero attached hydrogens (tertiary/aromatic N) is 4. The number of rotatable bonds is 10. The second kappa shape index (κ2) is 9.65. The molecule has 0 spiro atoms. The Balaban J connectivity index is 2.58. The number of methoxy groups -OCH3 is 1. The molecule has 120 valence electrons. The van der Waals surface area contributed by atoms with Crippen molar-refractivity contribution in [1.29, 1.82) is 0 Å². The maximum atomic E-state index is 5.00. The van der Waals surface area contributed by atoms with Crippen LogP contribution in [0.1, 0.15) is 19.4 Å². The molecule has 0 aliphatic rings. The molecular formula is C15H29N5O. The smallest absolute Gasteiger partial charge is 0.225 e. The number of hydrogen-bond donors (Lipinski definition) is 1. The van der Waals surface area contributed by atoms with Gasteiger partial charge in [0.05, 0.1) is 6.61 Å². The monoisotopic (exact) mass is 295 g/mol. The molecule has 0 aromatic carbocycles. The van der Waals surface area contributed by atoms with Crippen LogP contribution in [0.3, 0.4) is 0 Å². The molecule has 1 rings (SSSR count). The van der Waals surface area contributed by atoms with Crippen molar-refractivity contribution in [3.05, 3.63) is 18.0 Å². The molecular weight excluding hydrogens is 266 g/mol. The number of ether oxygens (including phenoxy) is 1. The van der Waals surface area contributed by atoms with Crippen LogP contribution in [0.2, 0.25) is 0 Å². The Hall–Kier alpha value is -1.24. The van der Waals surface area contributed by atoms with Gasteiger partial charge in [-0.25, -0.2) is 9.97 Å². The highest BCUT2D eigenvalue weighted by molar-refractivity contribution is 5.31. The van der Waals surface area contributed by atoms with E-state index < -0.39 is 0 Å². The first kappa shape index (κ1) is 17.8. The van der Waals surface area contributed by atoms with E-state index in [1.54, 1.807) is 7.11 Å². The predicted molar refractivity (Wildman–Crippen MR) is 86.7 cm³/mol. The van der Waals surface area contributed by atoms with Gasteiger partial charge in [-0.3, -0.25) is 0 Å². The standard InChI is InChI=1S/C15H29N5O/c1-6-20(13(2)12-19(3)4)15-17-10-14(11-18-15)9-16-7-8-21-5/h10-11,13,16H,6-9,12H2,1-5H3. The third kappa shape index (κ3) is 6.37. The van der Waals surface area contributed by atoms with E-state index >= 15 is 0 Å². The van der Waals surface area contributed by atoms with Crippen molar-refractivity contribution in [1.82, 2.24) is 20.2 Å². The first-order chi connectivity index (χ1) is 10.1.